The minimum Gasteiger partial charge on any atom is -0.352 e. The number of unbranched alkanes of at least 4 members (excludes halogenated alkanes) is 1. The van der Waals surface area contributed by atoms with Crippen molar-refractivity contribution in [3.63, 3.8) is 0 Å². The van der Waals surface area contributed by atoms with Crippen LogP contribution in [0.4, 0.5) is 4.39 Å². The van der Waals surface area contributed by atoms with Gasteiger partial charge in [0.15, 0.2) is 0 Å². The second kappa shape index (κ2) is 6.34. The number of nitrogens with one attached hydrogen (secondary N) is 1. The molecule has 0 atom stereocenters. The van der Waals surface area contributed by atoms with Crippen LogP contribution in [0.2, 0.25) is 0 Å². The second-order valence-electron chi connectivity index (χ2n) is 4.13. The lowest BCUT2D eigenvalue weighted by Gasteiger charge is -2.08. The van der Waals surface area contributed by atoms with Gasteiger partial charge in [0.1, 0.15) is 5.82 Å². The fourth-order valence-electron chi connectivity index (χ4n) is 1.52. The van der Waals surface area contributed by atoms with Crippen molar-refractivity contribution in [3.8, 4) is 0 Å². The zero-order chi connectivity index (χ0) is 14.6. The monoisotopic (exact) mass is 307 g/mol. The molecule has 0 bridgehead atoms. The predicted octanol–water partition coefficient (Wildman–Crippen LogP) is 2.59. The molecule has 0 heterocycles. The quantitative estimate of drug-likeness (QED) is 0.672. The average Bonchev–Trinajstić information content (AvgIpc) is 2.31. The van der Waals surface area contributed by atoms with Gasteiger partial charge >= 0.3 is 0 Å². The second-order valence-corrected chi connectivity index (χ2v) is 6.66. The Morgan fingerprint density at radius 1 is 1.42 bits per heavy atom. The molecule has 0 aliphatic heterocycles. The summed E-state index contributed by atoms with van der Waals surface area (Å²) < 4.78 is 36.2. The first-order valence-electron chi connectivity index (χ1n) is 5.80. The van der Waals surface area contributed by atoms with E-state index in [4.69, 9.17) is 10.7 Å². The number of rotatable bonds is 5. The molecule has 19 heavy (non-hydrogen) atoms. The van der Waals surface area contributed by atoms with E-state index >= 15 is 0 Å². The van der Waals surface area contributed by atoms with Gasteiger partial charge in [0.05, 0.1) is 4.90 Å². The van der Waals surface area contributed by atoms with Crippen molar-refractivity contribution in [1.82, 2.24) is 5.32 Å². The molecule has 0 spiro atoms. The van der Waals surface area contributed by atoms with E-state index in [9.17, 15) is 17.6 Å². The fraction of sp³-hybridized carbons (Fsp3) is 0.417. The number of hydrogen-bond acceptors (Lipinski definition) is 3. The Kier molecular flexibility index (Phi) is 5.31. The van der Waals surface area contributed by atoms with Crippen molar-refractivity contribution < 1.29 is 17.6 Å². The minimum atomic E-state index is -4.08. The van der Waals surface area contributed by atoms with Crippen molar-refractivity contribution in [2.24, 2.45) is 0 Å². The van der Waals surface area contributed by atoms with Gasteiger partial charge in [-0.2, -0.15) is 0 Å². The molecule has 106 valence electrons. The van der Waals surface area contributed by atoms with Crippen molar-refractivity contribution >= 4 is 25.6 Å². The molecule has 1 aromatic rings. The summed E-state index contributed by atoms with van der Waals surface area (Å²) >= 11 is 0. The van der Waals surface area contributed by atoms with Crippen molar-refractivity contribution in [2.45, 2.75) is 31.6 Å². The third-order valence-corrected chi connectivity index (χ3v) is 4.09. The van der Waals surface area contributed by atoms with Crippen LogP contribution in [-0.2, 0) is 9.05 Å². The van der Waals surface area contributed by atoms with Gasteiger partial charge in [0, 0.05) is 28.4 Å². The van der Waals surface area contributed by atoms with Crippen LogP contribution in [0.5, 0.6) is 0 Å². The summed E-state index contributed by atoms with van der Waals surface area (Å²) in [6.45, 7) is 3.72. The van der Waals surface area contributed by atoms with Gasteiger partial charge in [-0.05, 0) is 25.5 Å². The standard InChI is InChI=1S/C12H15ClFNO3S/c1-3-4-5-15-12(16)9-6-10(14)8(2)11(7-9)19(13,17)18/h6-7H,3-5H2,1-2H3,(H,15,16). The molecule has 7 heteroatoms. The lowest BCUT2D eigenvalue weighted by molar-refractivity contribution is 0.0952. The highest BCUT2D eigenvalue weighted by atomic mass is 35.7. The summed E-state index contributed by atoms with van der Waals surface area (Å²) in [6, 6.07) is 2.09. The summed E-state index contributed by atoms with van der Waals surface area (Å²) in [5.41, 5.74) is -0.154. The summed E-state index contributed by atoms with van der Waals surface area (Å²) in [5.74, 6) is -1.30. The fourth-order valence-corrected chi connectivity index (χ4v) is 2.73. The Labute approximate surface area is 116 Å². The molecule has 1 N–H and O–H groups in total. The molecule has 0 aliphatic carbocycles. The number of halogens is 2. The molecule has 4 nitrogen and oxygen atoms in total. The first kappa shape index (κ1) is 15.9. The van der Waals surface area contributed by atoms with Gasteiger partial charge in [-0.25, -0.2) is 12.8 Å². The highest BCUT2D eigenvalue weighted by Crippen LogP contribution is 2.23. The molecule has 1 aromatic carbocycles. The molecular weight excluding hydrogens is 293 g/mol. The summed E-state index contributed by atoms with van der Waals surface area (Å²) in [6.07, 6.45) is 1.70. The maximum Gasteiger partial charge on any atom is 0.261 e. The third-order valence-electron chi connectivity index (χ3n) is 2.64. The zero-order valence-corrected chi connectivity index (χ0v) is 12.2. The van der Waals surface area contributed by atoms with Crippen LogP contribution in [0.15, 0.2) is 17.0 Å². The van der Waals surface area contributed by atoms with Crippen LogP contribution in [0.3, 0.4) is 0 Å². The molecule has 1 amide bonds. The van der Waals surface area contributed by atoms with E-state index in [0.29, 0.717) is 6.54 Å². The Morgan fingerprint density at radius 3 is 2.58 bits per heavy atom. The molecule has 0 saturated heterocycles. The van der Waals surface area contributed by atoms with E-state index < -0.39 is 20.8 Å². The van der Waals surface area contributed by atoms with E-state index in [1.165, 1.54) is 6.92 Å². The van der Waals surface area contributed by atoms with Crippen molar-refractivity contribution in [3.05, 3.63) is 29.1 Å². The summed E-state index contributed by atoms with van der Waals surface area (Å²) in [4.78, 5) is 11.4. The molecule has 0 aliphatic rings. The minimum absolute atomic E-state index is 0.0570. The van der Waals surface area contributed by atoms with E-state index in [2.05, 4.69) is 5.32 Å². The normalized spacial score (nSPS) is 11.4. The number of amides is 1. The van der Waals surface area contributed by atoms with Crippen LogP contribution >= 0.6 is 10.7 Å². The lowest BCUT2D eigenvalue weighted by atomic mass is 10.1. The molecule has 0 radical (unpaired) electrons. The van der Waals surface area contributed by atoms with E-state index in [-0.39, 0.29) is 16.0 Å². The molecule has 0 saturated carbocycles. The van der Waals surface area contributed by atoms with Gasteiger partial charge < -0.3 is 5.32 Å². The molecule has 0 fully saturated rings. The molecule has 0 unspecified atom stereocenters. The maximum atomic E-state index is 13.6. The highest BCUT2D eigenvalue weighted by Gasteiger charge is 2.20. The van der Waals surface area contributed by atoms with Gasteiger partial charge in [-0.15, -0.1) is 0 Å². The largest absolute Gasteiger partial charge is 0.352 e. The van der Waals surface area contributed by atoms with Crippen LogP contribution in [0.1, 0.15) is 35.7 Å². The lowest BCUT2D eigenvalue weighted by Crippen LogP contribution is -2.24. The summed E-state index contributed by atoms with van der Waals surface area (Å²) in [5, 5.41) is 2.58. The van der Waals surface area contributed by atoms with Gasteiger partial charge in [0.2, 0.25) is 0 Å². The summed E-state index contributed by atoms with van der Waals surface area (Å²) in [7, 11) is 1.13. The molecule has 1 rings (SSSR count). The maximum absolute atomic E-state index is 13.6. The van der Waals surface area contributed by atoms with E-state index in [1.807, 2.05) is 6.92 Å². The van der Waals surface area contributed by atoms with Gasteiger partial charge in [-0.1, -0.05) is 13.3 Å². The smallest absolute Gasteiger partial charge is 0.261 e. The van der Waals surface area contributed by atoms with E-state index in [0.717, 1.165) is 25.0 Å². The van der Waals surface area contributed by atoms with Crippen LogP contribution in [0, 0.1) is 12.7 Å². The van der Waals surface area contributed by atoms with Crippen LogP contribution in [-0.4, -0.2) is 20.9 Å². The van der Waals surface area contributed by atoms with Crippen LogP contribution < -0.4 is 5.32 Å². The predicted molar refractivity (Wildman–Crippen MR) is 71.4 cm³/mol. The van der Waals surface area contributed by atoms with Crippen molar-refractivity contribution in [1.29, 1.82) is 0 Å². The Balaban J connectivity index is 3.11. The average molecular weight is 308 g/mol. The topological polar surface area (TPSA) is 63.2 Å². The molecule has 0 aromatic heterocycles. The van der Waals surface area contributed by atoms with Gasteiger partial charge in [-0.3, -0.25) is 4.79 Å². The zero-order valence-electron chi connectivity index (χ0n) is 10.7. The Bertz CT molecular complexity index is 587. The number of hydrogen-bond donors (Lipinski definition) is 1. The Hall–Kier alpha value is -1.14. The first-order chi connectivity index (χ1) is 8.77. The molecular formula is C12H15ClFNO3S. The number of carbonyl (C=O) groups is 1. The highest BCUT2D eigenvalue weighted by molar-refractivity contribution is 8.13. The Morgan fingerprint density at radius 2 is 2.05 bits per heavy atom. The van der Waals surface area contributed by atoms with E-state index in [1.54, 1.807) is 0 Å². The van der Waals surface area contributed by atoms with Gasteiger partial charge in [0.25, 0.3) is 15.0 Å². The number of benzene rings is 1. The number of carbonyl (C=O) groups excluding carboxylic acids is 1. The third kappa shape index (κ3) is 4.18. The van der Waals surface area contributed by atoms with Crippen molar-refractivity contribution in [2.75, 3.05) is 6.54 Å². The van der Waals surface area contributed by atoms with Crippen LogP contribution in [0.25, 0.3) is 0 Å². The first-order valence-corrected chi connectivity index (χ1v) is 8.11. The SMILES string of the molecule is CCCCNC(=O)c1cc(F)c(C)c(S(=O)(=O)Cl)c1.